The lowest BCUT2D eigenvalue weighted by molar-refractivity contribution is -0.129. The maximum atomic E-state index is 11.9. The van der Waals surface area contributed by atoms with Crippen LogP contribution in [0.5, 0.6) is 0 Å². The third-order valence-corrected chi connectivity index (χ3v) is 4.91. The number of thioether (sulfide) groups is 1. The number of carbonyl (C=O) groups is 3. The molecule has 0 radical (unpaired) electrons. The quantitative estimate of drug-likeness (QED) is 0.759. The summed E-state index contributed by atoms with van der Waals surface area (Å²) in [6.45, 7) is 0. The van der Waals surface area contributed by atoms with Gasteiger partial charge in [-0.3, -0.25) is 9.79 Å². The molecule has 112 valence electrons. The van der Waals surface area contributed by atoms with E-state index in [-0.39, 0.29) is 18.0 Å². The predicted octanol–water partition coefficient (Wildman–Crippen LogP) is 0.963. The third kappa shape index (κ3) is 4.40. The molecule has 1 aliphatic rings. The van der Waals surface area contributed by atoms with Crippen molar-refractivity contribution in [1.82, 2.24) is 5.32 Å². The maximum Gasteiger partial charge on any atom is 0.349 e. The number of amides is 1. The SMILES string of the molecule is O=CC(NC(=O)Cc1cccs1)[C@@H]1N=C(C(=O)O)CCS1. The highest BCUT2D eigenvalue weighted by Gasteiger charge is 2.28. The summed E-state index contributed by atoms with van der Waals surface area (Å²) < 4.78 is 0. The lowest BCUT2D eigenvalue weighted by atomic mass is 10.2. The Hall–Kier alpha value is -1.67. The van der Waals surface area contributed by atoms with Gasteiger partial charge in [0.25, 0.3) is 0 Å². The minimum atomic E-state index is -1.07. The molecule has 0 fully saturated rings. The van der Waals surface area contributed by atoms with Crippen molar-refractivity contribution in [3.8, 4) is 0 Å². The second-order valence-corrected chi connectivity index (χ2v) is 6.63. The molecule has 8 heteroatoms. The number of aliphatic imine (C=N–C) groups is 1. The number of hydrogen-bond donors (Lipinski definition) is 2. The van der Waals surface area contributed by atoms with Crippen LogP contribution in [0.25, 0.3) is 0 Å². The third-order valence-electron chi connectivity index (χ3n) is 2.85. The van der Waals surface area contributed by atoms with Crippen LogP contribution in [-0.4, -0.2) is 46.1 Å². The van der Waals surface area contributed by atoms with Crippen LogP contribution in [0.1, 0.15) is 11.3 Å². The molecule has 0 aromatic carbocycles. The molecule has 2 N–H and O–H groups in total. The fourth-order valence-corrected chi connectivity index (χ4v) is 3.66. The van der Waals surface area contributed by atoms with Crippen molar-refractivity contribution >= 4 is 47.0 Å². The van der Waals surface area contributed by atoms with Crippen molar-refractivity contribution in [3.05, 3.63) is 22.4 Å². The van der Waals surface area contributed by atoms with Crippen LogP contribution >= 0.6 is 23.1 Å². The fraction of sp³-hybridized carbons (Fsp3) is 0.385. The molecule has 0 saturated carbocycles. The Morgan fingerprint density at radius 1 is 1.57 bits per heavy atom. The lowest BCUT2D eigenvalue weighted by Gasteiger charge is -2.23. The normalized spacial score (nSPS) is 19.4. The van der Waals surface area contributed by atoms with Crippen LogP contribution in [0.4, 0.5) is 0 Å². The number of nitrogens with zero attached hydrogens (tertiary/aromatic N) is 1. The molecule has 1 unspecified atom stereocenters. The van der Waals surface area contributed by atoms with Gasteiger partial charge in [0, 0.05) is 17.1 Å². The van der Waals surface area contributed by atoms with Crippen LogP contribution < -0.4 is 5.32 Å². The maximum absolute atomic E-state index is 11.9. The number of aldehydes is 1. The molecule has 2 atom stereocenters. The lowest BCUT2D eigenvalue weighted by Crippen LogP contribution is -2.44. The average Bonchev–Trinajstić information content (AvgIpc) is 2.97. The smallest absolute Gasteiger partial charge is 0.349 e. The molecule has 1 aromatic heterocycles. The zero-order valence-corrected chi connectivity index (χ0v) is 12.7. The van der Waals surface area contributed by atoms with Gasteiger partial charge >= 0.3 is 5.97 Å². The molecule has 1 aliphatic heterocycles. The number of carbonyl (C=O) groups excluding carboxylic acids is 2. The molecular weight excluding hydrogens is 312 g/mol. The topological polar surface area (TPSA) is 95.8 Å². The largest absolute Gasteiger partial charge is 0.477 e. The summed E-state index contributed by atoms with van der Waals surface area (Å²) in [6.07, 6.45) is 1.18. The van der Waals surface area contributed by atoms with Gasteiger partial charge in [0.05, 0.1) is 6.42 Å². The Bertz CT molecular complexity index is 557. The van der Waals surface area contributed by atoms with Gasteiger partial charge in [-0.25, -0.2) is 4.79 Å². The van der Waals surface area contributed by atoms with E-state index in [1.807, 2.05) is 17.5 Å². The highest BCUT2D eigenvalue weighted by atomic mass is 32.2. The zero-order valence-electron chi connectivity index (χ0n) is 11.0. The molecule has 0 aliphatic carbocycles. The van der Waals surface area contributed by atoms with Gasteiger partial charge in [0.2, 0.25) is 5.91 Å². The van der Waals surface area contributed by atoms with E-state index < -0.39 is 17.4 Å². The second-order valence-electron chi connectivity index (χ2n) is 4.38. The first-order chi connectivity index (χ1) is 10.1. The number of carboxylic acids is 1. The fourth-order valence-electron chi connectivity index (χ4n) is 1.86. The first-order valence-corrected chi connectivity index (χ1v) is 8.21. The number of rotatable bonds is 6. The average molecular weight is 326 g/mol. The number of nitrogens with one attached hydrogen (secondary N) is 1. The minimum absolute atomic E-state index is 0.0538. The molecule has 0 saturated heterocycles. The summed E-state index contributed by atoms with van der Waals surface area (Å²) >= 11 is 2.84. The van der Waals surface area contributed by atoms with Crippen LogP contribution in [0.2, 0.25) is 0 Å². The number of aliphatic carboxylic acids is 1. The first kappa shape index (κ1) is 15.7. The number of hydrogen-bond acceptors (Lipinski definition) is 6. The molecule has 2 heterocycles. The van der Waals surface area contributed by atoms with Crippen LogP contribution in [0.15, 0.2) is 22.5 Å². The predicted molar refractivity (Wildman–Crippen MR) is 82.0 cm³/mol. The van der Waals surface area contributed by atoms with Crippen LogP contribution in [0.3, 0.4) is 0 Å². The molecule has 6 nitrogen and oxygen atoms in total. The first-order valence-electron chi connectivity index (χ1n) is 6.28. The van der Waals surface area contributed by atoms with Gasteiger partial charge in [-0.1, -0.05) is 6.07 Å². The monoisotopic (exact) mass is 326 g/mol. The van der Waals surface area contributed by atoms with Crippen molar-refractivity contribution in [2.24, 2.45) is 4.99 Å². The molecule has 2 rings (SSSR count). The standard InChI is InChI=1S/C13H14N2O4S2/c16-7-10(12-15-9(13(18)19)3-5-21-12)14-11(17)6-8-2-1-4-20-8/h1-2,4,7,10,12H,3,5-6H2,(H,14,17)(H,18,19)/t10?,12-/m1/s1. The molecule has 21 heavy (non-hydrogen) atoms. The van der Waals surface area contributed by atoms with E-state index in [2.05, 4.69) is 10.3 Å². The van der Waals surface area contributed by atoms with Crippen molar-refractivity contribution in [3.63, 3.8) is 0 Å². The Morgan fingerprint density at radius 2 is 2.38 bits per heavy atom. The molecule has 0 bridgehead atoms. The van der Waals surface area contributed by atoms with E-state index in [0.29, 0.717) is 18.5 Å². The summed E-state index contributed by atoms with van der Waals surface area (Å²) in [5.74, 6) is -0.774. The zero-order chi connectivity index (χ0) is 15.2. The van der Waals surface area contributed by atoms with Gasteiger partial charge in [-0.05, 0) is 11.4 Å². The van der Waals surface area contributed by atoms with Gasteiger partial charge < -0.3 is 15.2 Å². The van der Waals surface area contributed by atoms with E-state index in [1.165, 1.54) is 23.1 Å². The van der Waals surface area contributed by atoms with Crippen LogP contribution in [-0.2, 0) is 20.8 Å². The van der Waals surface area contributed by atoms with E-state index in [4.69, 9.17) is 5.11 Å². The minimum Gasteiger partial charge on any atom is -0.477 e. The number of thiophene rings is 1. The summed E-state index contributed by atoms with van der Waals surface area (Å²) in [5, 5.41) is 12.9. The molecule has 1 aromatic rings. The highest BCUT2D eigenvalue weighted by molar-refractivity contribution is 8.00. The van der Waals surface area contributed by atoms with Gasteiger partial charge in [-0.2, -0.15) is 0 Å². The number of carboxylic acid groups (broad SMARTS) is 1. The summed E-state index contributed by atoms with van der Waals surface area (Å²) in [7, 11) is 0. The van der Waals surface area contributed by atoms with Gasteiger partial charge in [0.1, 0.15) is 23.4 Å². The van der Waals surface area contributed by atoms with Crippen molar-refractivity contribution in [2.45, 2.75) is 24.3 Å². The second kappa shape index (κ2) is 7.37. The van der Waals surface area contributed by atoms with Gasteiger partial charge in [0.15, 0.2) is 0 Å². The molecule has 1 amide bonds. The Labute approximate surface area is 129 Å². The van der Waals surface area contributed by atoms with Crippen LogP contribution in [0, 0.1) is 0 Å². The van der Waals surface area contributed by atoms with Gasteiger partial charge in [-0.15, -0.1) is 23.1 Å². The Kier molecular flexibility index (Phi) is 5.51. The summed E-state index contributed by atoms with van der Waals surface area (Å²) in [4.78, 5) is 39.0. The Morgan fingerprint density at radius 3 is 3.00 bits per heavy atom. The Balaban J connectivity index is 1.99. The summed E-state index contributed by atoms with van der Waals surface area (Å²) in [5.41, 5.74) is 0.0538. The highest BCUT2D eigenvalue weighted by Crippen LogP contribution is 2.22. The van der Waals surface area contributed by atoms with E-state index in [0.717, 1.165) is 4.88 Å². The van der Waals surface area contributed by atoms with E-state index >= 15 is 0 Å². The van der Waals surface area contributed by atoms with Crippen molar-refractivity contribution in [1.29, 1.82) is 0 Å². The van der Waals surface area contributed by atoms with Crippen molar-refractivity contribution < 1.29 is 19.5 Å². The van der Waals surface area contributed by atoms with E-state index in [9.17, 15) is 14.4 Å². The summed E-state index contributed by atoms with van der Waals surface area (Å²) in [6, 6.07) is 2.89. The van der Waals surface area contributed by atoms with E-state index in [1.54, 1.807) is 0 Å². The molecular formula is C13H14N2O4S2. The molecule has 0 spiro atoms. The van der Waals surface area contributed by atoms with Crippen molar-refractivity contribution in [2.75, 3.05) is 5.75 Å².